The lowest BCUT2D eigenvalue weighted by Gasteiger charge is -2.12. The Labute approximate surface area is 159 Å². The van der Waals surface area contributed by atoms with Gasteiger partial charge in [-0.2, -0.15) is 13.2 Å². The Balaban J connectivity index is 1.85. The molecule has 0 unspecified atom stereocenters. The third-order valence-electron chi connectivity index (χ3n) is 4.54. The number of benzene rings is 3. The monoisotopic (exact) mass is 377 g/mol. The number of aromatic nitrogens is 1. The van der Waals surface area contributed by atoms with Gasteiger partial charge in [0.25, 0.3) is 0 Å². The van der Waals surface area contributed by atoms with Gasteiger partial charge in [0, 0.05) is 28.3 Å². The quantitative estimate of drug-likeness (QED) is 0.401. The minimum Gasteiger partial charge on any atom is -0.289 e. The van der Waals surface area contributed by atoms with E-state index in [-0.39, 0.29) is 11.3 Å². The van der Waals surface area contributed by atoms with E-state index < -0.39 is 11.7 Å². The van der Waals surface area contributed by atoms with Gasteiger partial charge in [-0.25, -0.2) is 0 Å². The zero-order chi connectivity index (χ0) is 19.7. The fourth-order valence-electron chi connectivity index (χ4n) is 3.21. The summed E-state index contributed by atoms with van der Waals surface area (Å²) in [5.41, 5.74) is 1.36. The summed E-state index contributed by atoms with van der Waals surface area (Å²) < 4.78 is 39.6. The SMILES string of the molecule is O=C(c1ccccc1)c1ccccc1-c1cnc2c(C(F)(F)F)cccc2c1. The molecule has 0 fully saturated rings. The van der Waals surface area contributed by atoms with Crippen LogP contribution in [0.4, 0.5) is 13.2 Å². The highest BCUT2D eigenvalue weighted by Gasteiger charge is 2.33. The first kappa shape index (κ1) is 17.9. The van der Waals surface area contributed by atoms with Crippen molar-refractivity contribution in [2.45, 2.75) is 6.18 Å². The van der Waals surface area contributed by atoms with Gasteiger partial charge in [0.1, 0.15) is 0 Å². The smallest absolute Gasteiger partial charge is 0.289 e. The lowest BCUT2D eigenvalue weighted by molar-refractivity contribution is -0.136. The van der Waals surface area contributed by atoms with Gasteiger partial charge in [0.2, 0.25) is 0 Å². The summed E-state index contributed by atoms with van der Waals surface area (Å²) in [5, 5.41) is 0.370. The molecule has 0 bridgehead atoms. The fraction of sp³-hybridized carbons (Fsp3) is 0.0435. The van der Waals surface area contributed by atoms with Gasteiger partial charge in [-0.1, -0.05) is 66.7 Å². The molecule has 0 aliphatic carbocycles. The summed E-state index contributed by atoms with van der Waals surface area (Å²) in [6.07, 6.45) is -3.09. The molecule has 5 heteroatoms. The zero-order valence-corrected chi connectivity index (χ0v) is 14.6. The van der Waals surface area contributed by atoms with Gasteiger partial charge in [0.05, 0.1) is 11.1 Å². The molecule has 0 radical (unpaired) electrons. The highest BCUT2D eigenvalue weighted by Crippen LogP contribution is 2.35. The highest BCUT2D eigenvalue weighted by atomic mass is 19.4. The molecule has 28 heavy (non-hydrogen) atoms. The summed E-state index contributed by atoms with van der Waals surface area (Å²) in [4.78, 5) is 17.0. The maximum Gasteiger partial charge on any atom is 0.418 e. The average Bonchev–Trinajstić information content (AvgIpc) is 2.72. The third-order valence-corrected chi connectivity index (χ3v) is 4.54. The van der Waals surface area contributed by atoms with Crippen molar-refractivity contribution < 1.29 is 18.0 Å². The number of ketones is 1. The Bertz CT molecular complexity index is 1170. The van der Waals surface area contributed by atoms with E-state index in [4.69, 9.17) is 0 Å². The molecular weight excluding hydrogens is 363 g/mol. The molecule has 0 aliphatic rings. The highest BCUT2D eigenvalue weighted by molar-refractivity contribution is 6.13. The normalized spacial score (nSPS) is 11.5. The Morgan fingerprint density at radius 3 is 2.29 bits per heavy atom. The minimum atomic E-state index is -4.48. The molecule has 3 aromatic carbocycles. The molecule has 0 saturated carbocycles. The van der Waals surface area contributed by atoms with Gasteiger partial charge in [-0.05, 0) is 17.7 Å². The van der Waals surface area contributed by atoms with E-state index in [0.717, 1.165) is 6.07 Å². The number of hydrogen-bond acceptors (Lipinski definition) is 2. The van der Waals surface area contributed by atoms with Gasteiger partial charge < -0.3 is 0 Å². The first-order valence-corrected chi connectivity index (χ1v) is 8.60. The number of para-hydroxylation sites is 1. The van der Waals surface area contributed by atoms with Crippen molar-refractivity contribution in [3.8, 4) is 11.1 Å². The van der Waals surface area contributed by atoms with E-state index in [1.807, 2.05) is 6.07 Å². The zero-order valence-electron chi connectivity index (χ0n) is 14.6. The number of rotatable bonds is 3. The van der Waals surface area contributed by atoms with Crippen molar-refractivity contribution in [2.24, 2.45) is 0 Å². The molecule has 1 heterocycles. The second kappa shape index (κ2) is 6.93. The van der Waals surface area contributed by atoms with E-state index in [1.54, 1.807) is 60.7 Å². The van der Waals surface area contributed by atoms with Crippen molar-refractivity contribution in [3.63, 3.8) is 0 Å². The molecule has 0 atom stereocenters. The molecule has 0 saturated heterocycles. The van der Waals surface area contributed by atoms with E-state index in [1.165, 1.54) is 12.3 Å². The second-order valence-electron chi connectivity index (χ2n) is 6.34. The second-order valence-corrected chi connectivity index (χ2v) is 6.34. The van der Waals surface area contributed by atoms with E-state index in [2.05, 4.69) is 4.98 Å². The molecule has 4 rings (SSSR count). The number of carbonyl (C=O) groups is 1. The largest absolute Gasteiger partial charge is 0.418 e. The summed E-state index contributed by atoms with van der Waals surface area (Å²) in [6, 6.07) is 21.5. The van der Waals surface area contributed by atoms with Crippen LogP contribution in [-0.2, 0) is 6.18 Å². The van der Waals surface area contributed by atoms with Crippen LogP contribution in [0, 0.1) is 0 Å². The fourth-order valence-corrected chi connectivity index (χ4v) is 3.21. The maximum atomic E-state index is 13.2. The number of nitrogens with zero attached hydrogens (tertiary/aromatic N) is 1. The van der Waals surface area contributed by atoms with Crippen LogP contribution >= 0.6 is 0 Å². The van der Waals surface area contributed by atoms with Crippen molar-refractivity contribution in [2.75, 3.05) is 0 Å². The summed E-state index contributed by atoms with van der Waals surface area (Å²) in [5.74, 6) is -0.152. The number of hydrogen-bond donors (Lipinski definition) is 0. The Morgan fingerprint density at radius 2 is 1.54 bits per heavy atom. The number of carbonyl (C=O) groups excluding carboxylic acids is 1. The van der Waals surface area contributed by atoms with Gasteiger partial charge in [-0.15, -0.1) is 0 Å². The van der Waals surface area contributed by atoms with E-state index >= 15 is 0 Å². The Hall–Kier alpha value is -3.47. The molecule has 0 amide bonds. The predicted octanol–water partition coefficient (Wildman–Crippen LogP) is 6.15. The van der Waals surface area contributed by atoms with Gasteiger partial charge in [-0.3, -0.25) is 9.78 Å². The van der Waals surface area contributed by atoms with Gasteiger partial charge in [0.15, 0.2) is 5.78 Å². The van der Waals surface area contributed by atoms with Crippen LogP contribution in [0.25, 0.3) is 22.0 Å². The van der Waals surface area contributed by atoms with Crippen LogP contribution < -0.4 is 0 Å². The van der Waals surface area contributed by atoms with Crippen LogP contribution in [0.5, 0.6) is 0 Å². The topological polar surface area (TPSA) is 30.0 Å². The molecule has 0 aliphatic heterocycles. The van der Waals surface area contributed by atoms with Crippen LogP contribution in [0.3, 0.4) is 0 Å². The molecule has 2 nitrogen and oxygen atoms in total. The number of halogens is 3. The minimum absolute atomic E-state index is 0.106. The Kier molecular flexibility index (Phi) is 4.43. The first-order chi connectivity index (χ1) is 13.4. The number of pyridine rings is 1. The summed E-state index contributed by atoms with van der Waals surface area (Å²) in [7, 11) is 0. The molecule has 0 N–H and O–H groups in total. The van der Waals surface area contributed by atoms with Crippen molar-refractivity contribution in [3.05, 3.63) is 102 Å². The summed E-state index contributed by atoms with van der Waals surface area (Å²) >= 11 is 0. The molecule has 4 aromatic rings. The number of fused-ring (bicyclic) bond motifs is 1. The van der Waals surface area contributed by atoms with Crippen LogP contribution in [0.1, 0.15) is 21.5 Å². The predicted molar refractivity (Wildman–Crippen MR) is 102 cm³/mol. The molecule has 1 aromatic heterocycles. The number of alkyl halides is 3. The molecule has 0 spiro atoms. The van der Waals surface area contributed by atoms with Crippen molar-refractivity contribution in [1.82, 2.24) is 4.98 Å². The van der Waals surface area contributed by atoms with Crippen LogP contribution in [0.15, 0.2) is 85.1 Å². The lowest BCUT2D eigenvalue weighted by atomic mass is 9.94. The Morgan fingerprint density at radius 1 is 0.821 bits per heavy atom. The van der Waals surface area contributed by atoms with E-state index in [0.29, 0.717) is 27.6 Å². The van der Waals surface area contributed by atoms with Crippen molar-refractivity contribution in [1.29, 1.82) is 0 Å². The summed E-state index contributed by atoms with van der Waals surface area (Å²) in [6.45, 7) is 0. The molecule has 138 valence electrons. The average molecular weight is 377 g/mol. The molecular formula is C23H14F3NO. The van der Waals surface area contributed by atoms with Gasteiger partial charge >= 0.3 is 6.18 Å². The van der Waals surface area contributed by atoms with E-state index in [9.17, 15) is 18.0 Å². The van der Waals surface area contributed by atoms with Crippen LogP contribution in [-0.4, -0.2) is 10.8 Å². The lowest BCUT2D eigenvalue weighted by Crippen LogP contribution is -2.06. The van der Waals surface area contributed by atoms with Crippen molar-refractivity contribution >= 4 is 16.7 Å². The third kappa shape index (κ3) is 3.27. The van der Waals surface area contributed by atoms with Crippen LogP contribution in [0.2, 0.25) is 0 Å². The first-order valence-electron chi connectivity index (χ1n) is 8.60. The standard InChI is InChI=1S/C23H14F3NO/c24-23(25,26)20-12-6-9-16-13-17(14-27-21(16)20)18-10-4-5-11-19(18)22(28)15-7-2-1-3-8-15/h1-14H. The maximum absolute atomic E-state index is 13.2.